The molecule has 2 aromatic carbocycles. The van der Waals surface area contributed by atoms with Gasteiger partial charge in [-0.15, -0.1) is 0 Å². The van der Waals surface area contributed by atoms with Gasteiger partial charge in [0.05, 0.1) is 11.4 Å². The maximum atomic E-state index is 12.7. The molecule has 1 atom stereocenters. The molecule has 154 valence electrons. The lowest BCUT2D eigenvalue weighted by molar-refractivity contribution is 0.0369. The molecule has 1 aliphatic carbocycles. The maximum Gasteiger partial charge on any atom is 0.251 e. The molecule has 2 N–H and O–H groups in total. The largest absolute Gasteiger partial charge is 0.383 e. The number of carbonyl (C=O) groups is 1. The average Bonchev–Trinajstić information content (AvgIpc) is 3.10. The number of aliphatic hydroxyl groups is 1. The Hall–Kier alpha value is -2.22. The smallest absolute Gasteiger partial charge is 0.251 e. The highest BCUT2D eigenvalue weighted by Gasteiger charge is 2.36. The molecule has 0 aromatic heterocycles. The highest BCUT2D eigenvalue weighted by molar-refractivity contribution is 7.89. The molecule has 1 amide bonds. The third-order valence-corrected chi connectivity index (χ3v) is 7.85. The molecule has 7 heteroatoms. The highest BCUT2D eigenvalue weighted by atomic mass is 32.2. The molecule has 0 spiro atoms. The lowest BCUT2D eigenvalue weighted by Gasteiger charge is -2.26. The number of nitrogens with zero attached hydrogens (tertiary/aromatic N) is 1. The van der Waals surface area contributed by atoms with Crippen LogP contribution < -0.4 is 5.32 Å². The van der Waals surface area contributed by atoms with E-state index in [0.29, 0.717) is 25.1 Å². The minimum atomic E-state index is -3.51. The molecule has 29 heavy (non-hydrogen) atoms. The zero-order valence-corrected chi connectivity index (χ0v) is 17.1. The maximum absolute atomic E-state index is 12.7. The van der Waals surface area contributed by atoms with Crippen LogP contribution in [0.1, 0.15) is 47.2 Å². The minimum Gasteiger partial charge on any atom is -0.383 e. The Morgan fingerprint density at radius 2 is 1.72 bits per heavy atom. The summed E-state index contributed by atoms with van der Waals surface area (Å²) in [4.78, 5) is 12.7. The molecule has 0 saturated carbocycles. The first-order chi connectivity index (χ1) is 13.9. The number of rotatable bonds is 5. The molecule has 1 aliphatic heterocycles. The molecule has 1 fully saturated rings. The molecule has 0 radical (unpaired) electrons. The van der Waals surface area contributed by atoms with Crippen LogP contribution in [0.2, 0.25) is 0 Å². The predicted molar refractivity (Wildman–Crippen MR) is 110 cm³/mol. The van der Waals surface area contributed by atoms with Gasteiger partial charge in [0.15, 0.2) is 0 Å². The predicted octanol–water partition coefficient (Wildman–Crippen LogP) is 2.43. The van der Waals surface area contributed by atoms with E-state index in [0.717, 1.165) is 36.8 Å². The van der Waals surface area contributed by atoms with Gasteiger partial charge < -0.3 is 10.4 Å². The van der Waals surface area contributed by atoms with Gasteiger partial charge in [-0.25, -0.2) is 8.42 Å². The molecule has 4 rings (SSSR count). The summed E-state index contributed by atoms with van der Waals surface area (Å²) in [5.74, 6) is -0.329. The molecule has 6 nitrogen and oxygen atoms in total. The van der Waals surface area contributed by atoms with Crippen LogP contribution >= 0.6 is 0 Å². The number of aryl methyl sites for hydroxylation is 1. The van der Waals surface area contributed by atoms with E-state index in [2.05, 4.69) is 5.32 Å². The number of hydrogen-bond acceptors (Lipinski definition) is 4. The summed E-state index contributed by atoms with van der Waals surface area (Å²) >= 11 is 0. The molecular formula is C22H26N2O4S. The normalized spacial score (nSPS) is 22.2. The van der Waals surface area contributed by atoms with Crippen LogP contribution in [-0.4, -0.2) is 43.4 Å². The van der Waals surface area contributed by atoms with Crippen LogP contribution in [0.5, 0.6) is 0 Å². The Morgan fingerprint density at radius 3 is 2.45 bits per heavy atom. The summed E-state index contributed by atoms with van der Waals surface area (Å²) in [5.41, 5.74) is 1.28. The number of carbonyl (C=O) groups excluding carboxylic acids is 1. The van der Waals surface area contributed by atoms with Crippen LogP contribution in [-0.2, 0) is 22.0 Å². The molecule has 0 unspecified atom stereocenters. The molecular weight excluding hydrogens is 388 g/mol. The van der Waals surface area contributed by atoms with E-state index in [9.17, 15) is 18.3 Å². The van der Waals surface area contributed by atoms with E-state index in [1.165, 1.54) is 28.6 Å². The molecule has 2 aromatic rings. The van der Waals surface area contributed by atoms with E-state index in [1.54, 1.807) is 0 Å². The van der Waals surface area contributed by atoms with Gasteiger partial charge in [-0.05, 0) is 61.1 Å². The first kappa shape index (κ1) is 20.1. The van der Waals surface area contributed by atoms with Crippen molar-refractivity contribution < 1.29 is 18.3 Å². The van der Waals surface area contributed by atoms with Crippen molar-refractivity contribution in [1.29, 1.82) is 0 Å². The van der Waals surface area contributed by atoms with Crippen LogP contribution in [0.4, 0.5) is 0 Å². The monoisotopic (exact) mass is 414 g/mol. The number of nitrogens with one attached hydrogen (secondary N) is 1. The van der Waals surface area contributed by atoms with Crippen molar-refractivity contribution in [3.05, 3.63) is 65.2 Å². The van der Waals surface area contributed by atoms with Crippen molar-refractivity contribution in [3.63, 3.8) is 0 Å². The van der Waals surface area contributed by atoms with Gasteiger partial charge in [0, 0.05) is 18.7 Å². The van der Waals surface area contributed by atoms with E-state index in [4.69, 9.17) is 0 Å². The summed E-state index contributed by atoms with van der Waals surface area (Å²) in [6.07, 6.45) is 4.17. The lowest BCUT2D eigenvalue weighted by atomic mass is 9.96. The SMILES string of the molecule is O=C(NC[C@@]1(O)CCc2ccccc21)c1ccc(S(=O)(=O)N2CCCCC2)cc1. The lowest BCUT2D eigenvalue weighted by Crippen LogP contribution is -2.39. The van der Waals surface area contributed by atoms with Crippen LogP contribution in [0.25, 0.3) is 0 Å². The zero-order valence-electron chi connectivity index (χ0n) is 16.3. The summed E-state index contributed by atoms with van der Waals surface area (Å²) in [5, 5.41) is 13.7. The fourth-order valence-electron chi connectivity index (χ4n) is 4.21. The fourth-order valence-corrected chi connectivity index (χ4v) is 5.73. The van der Waals surface area contributed by atoms with Gasteiger partial charge in [-0.3, -0.25) is 4.79 Å². The van der Waals surface area contributed by atoms with Gasteiger partial charge >= 0.3 is 0 Å². The third kappa shape index (κ3) is 3.95. The Kier molecular flexibility index (Phi) is 5.46. The van der Waals surface area contributed by atoms with Crippen molar-refractivity contribution in [3.8, 4) is 0 Å². The van der Waals surface area contributed by atoms with E-state index < -0.39 is 15.6 Å². The van der Waals surface area contributed by atoms with Gasteiger partial charge in [-0.2, -0.15) is 4.31 Å². The van der Waals surface area contributed by atoms with Crippen LogP contribution in [0, 0.1) is 0 Å². The quantitative estimate of drug-likeness (QED) is 0.787. The molecule has 0 bridgehead atoms. The molecule has 1 saturated heterocycles. The summed E-state index contributed by atoms with van der Waals surface area (Å²) in [6, 6.07) is 13.8. The van der Waals surface area contributed by atoms with Crippen molar-refractivity contribution in [1.82, 2.24) is 9.62 Å². The number of amides is 1. The first-order valence-corrected chi connectivity index (χ1v) is 11.5. The summed E-state index contributed by atoms with van der Waals surface area (Å²) < 4.78 is 27.0. The fraction of sp³-hybridized carbons (Fsp3) is 0.409. The van der Waals surface area contributed by atoms with Crippen LogP contribution in [0.3, 0.4) is 0 Å². The summed E-state index contributed by atoms with van der Waals surface area (Å²) in [6.45, 7) is 1.21. The Bertz CT molecular complexity index is 998. The standard InChI is InChI=1S/C22H26N2O4S/c25-21(23-16-22(26)13-12-17-6-2-3-7-20(17)22)18-8-10-19(11-9-18)29(27,28)24-14-4-1-5-15-24/h2-3,6-11,26H,1,4-5,12-16H2,(H,23,25)/t22-/m0/s1. The van der Waals surface area contributed by atoms with E-state index in [1.807, 2.05) is 24.3 Å². The van der Waals surface area contributed by atoms with Crippen molar-refractivity contribution in [2.24, 2.45) is 0 Å². The van der Waals surface area contributed by atoms with Gasteiger partial charge in [-0.1, -0.05) is 30.7 Å². The minimum absolute atomic E-state index is 0.122. The van der Waals surface area contributed by atoms with Crippen molar-refractivity contribution >= 4 is 15.9 Å². The number of fused-ring (bicyclic) bond motifs is 1. The van der Waals surface area contributed by atoms with Gasteiger partial charge in [0.25, 0.3) is 5.91 Å². The second-order valence-electron chi connectivity index (χ2n) is 7.86. The first-order valence-electron chi connectivity index (χ1n) is 10.1. The number of piperidine rings is 1. The number of benzene rings is 2. The Labute approximate surface area is 171 Å². The second-order valence-corrected chi connectivity index (χ2v) is 9.80. The molecule has 1 heterocycles. The second kappa shape index (κ2) is 7.89. The van der Waals surface area contributed by atoms with Crippen LogP contribution in [0.15, 0.2) is 53.4 Å². The highest BCUT2D eigenvalue weighted by Crippen LogP contribution is 2.36. The van der Waals surface area contributed by atoms with E-state index >= 15 is 0 Å². The number of sulfonamides is 1. The topological polar surface area (TPSA) is 86.7 Å². The Morgan fingerprint density at radius 1 is 1.03 bits per heavy atom. The Balaban J connectivity index is 1.42. The van der Waals surface area contributed by atoms with Crippen molar-refractivity contribution in [2.45, 2.75) is 42.6 Å². The zero-order chi connectivity index (χ0) is 20.5. The van der Waals surface area contributed by atoms with Gasteiger partial charge in [0.2, 0.25) is 10.0 Å². The third-order valence-electron chi connectivity index (χ3n) is 5.94. The van der Waals surface area contributed by atoms with Crippen molar-refractivity contribution in [2.75, 3.05) is 19.6 Å². The average molecular weight is 415 g/mol. The number of hydrogen-bond donors (Lipinski definition) is 2. The van der Waals surface area contributed by atoms with E-state index in [-0.39, 0.29) is 17.3 Å². The molecule has 2 aliphatic rings. The van der Waals surface area contributed by atoms with Gasteiger partial charge in [0.1, 0.15) is 5.60 Å². The summed E-state index contributed by atoms with van der Waals surface area (Å²) in [7, 11) is -3.51.